The van der Waals surface area contributed by atoms with E-state index in [9.17, 15) is 4.57 Å². The summed E-state index contributed by atoms with van der Waals surface area (Å²) in [5.41, 5.74) is 5.66. The lowest BCUT2D eigenvalue weighted by atomic mass is 9.99. The fourth-order valence-electron chi connectivity index (χ4n) is 5.93. The van der Waals surface area contributed by atoms with E-state index in [1.807, 2.05) is 24.3 Å². The van der Waals surface area contributed by atoms with Gasteiger partial charge in [-0.3, -0.25) is 4.98 Å². The van der Waals surface area contributed by atoms with Crippen LogP contribution in [0.4, 0.5) is 28.8 Å². The molecule has 234 valence electrons. The number of anilines is 5. The molecule has 5 aromatic rings. The molecule has 0 bridgehead atoms. The number of methoxy groups -OCH3 is 1. The molecule has 2 N–H and O–H groups in total. The largest absolute Gasteiger partial charge is 0.494 e. The Hall–Kier alpha value is -3.50. The van der Waals surface area contributed by atoms with E-state index >= 15 is 0 Å². The van der Waals surface area contributed by atoms with Crippen molar-refractivity contribution < 1.29 is 9.30 Å². The van der Waals surface area contributed by atoms with Crippen molar-refractivity contribution in [2.24, 2.45) is 0 Å². The molecular weight excluding hydrogens is 669 g/mol. The highest BCUT2D eigenvalue weighted by atomic mass is 79.9. The number of pyridine rings is 1. The normalized spacial score (nSPS) is 14.2. The smallest absolute Gasteiger partial charge is 0.229 e. The van der Waals surface area contributed by atoms with Crippen molar-refractivity contribution in [3.63, 3.8) is 0 Å². The molecular formula is C33H37BrN7O2PS. The summed E-state index contributed by atoms with van der Waals surface area (Å²) in [6.07, 6.45) is 5.63. The maximum atomic E-state index is 13.5. The predicted octanol–water partition coefficient (Wildman–Crippen LogP) is 7.79. The van der Waals surface area contributed by atoms with Crippen LogP contribution in [0.25, 0.3) is 22.0 Å². The highest BCUT2D eigenvalue weighted by Crippen LogP contribution is 2.43. The summed E-state index contributed by atoms with van der Waals surface area (Å²) >= 11 is 5.28. The summed E-state index contributed by atoms with van der Waals surface area (Å²) in [6.45, 7) is 5.50. The quantitative estimate of drug-likeness (QED) is 0.149. The molecule has 0 unspecified atom stereocenters. The lowest BCUT2D eigenvalue weighted by Crippen LogP contribution is -2.42. The monoisotopic (exact) mass is 705 g/mol. The van der Waals surface area contributed by atoms with Crippen molar-refractivity contribution in [1.29, 1.82) is 0 Å². The van der Waals surface area contributed by atoms with Crippen molar-refractivity contribution in [3.05, 3.63) is 70.1 Å². The zero-order valence-corrected chi connectivity index (χ0v) is 29.3. The first-order valence-corrected chi connectivity index (χ1v) is 19.1. The van der Waals surface area contributed by atoms with Gasteiger partial charge < -0.3 is 29.7 Å². The van der Waals surface area contributed by atoms with Crippen molar-refractivity contribution in [2.75, 3.05) is 63.2 Å². The Kier molecular flexibility index (Phi) is 9.15. The minimum absolute atomic E-state index is 0.390. The Morgan fingerprint density at radius 2 is 1.82 bits per heavy atom. The molecule has 45 heavy (non-hydrogen) atoms. The fraction of sp³-hybridized carbons (Fsp3) is 0.303. The second kappa shape index (κ2) is 13.1. The molecule has 0 atom stereocenters. The first kappa shape index (κ1) is 31.5. The molecule has 0 saturated carbocycles. The summed E-state index contributed by atoms with van der Waals surface area (Å²) in [4.78, 5) is 18.8. The van der Waals surface area contributed by atoms with E-state index in [0.717, 1.165) is 64.6 Å². The average Bonchev–Trinajstić information content (AvgIpc) is 3.57. The lowest BCUT2D eigenvalue weighted by molar-refractivity contribution is 0.249. The summed E-state index contributed by atoms with van der Waals surface area (Å²) in [5, 5.41) is 12.7. The molecule has 1 fully saturated rings. The van der Waals surface area contributed by atoms with Crippen LogP contribution in [0, 0.1) is 0 Å². The number of fused-ring (bicyclic) bond motifs is 1. The van der Waals surface area contributed by atoms with Crippen LogP contribution in [-0.2, 0) is 4.57 Å². The van der Waals surface area contributed by atoms with E-state index in [-0.39, 0.29) is 0 Å². The minimum atomic E-state index is -2.68. The maximum absolute atomic E-state index is 13.5. The summed E-state index contributed by atoms with van der Waals surface area (Å²) in [5.74, 6) is 1.62. The average molecular weight is 707 g/mol. The Morgan fingerprint density at radius 3 is 2.51 bits per heavy atom. The number of piperidine rings is 1. The second-order valence-corrected chi connectivity index (χ2v) is 16.6. The zero-order chi connectivity index (χ0) is 31.7. The molecule has 1 aliphatic rings. The van der Waals surface area contributed by atoms with Crippen LogP contribution in [0.5, 0.6) is 5.75 Å². The Labute approximate surface area is 276 Å². The van der Waals surface area contributed by atoms with Crippen LogP contribution >= 0.6 is 34.4 Å². The molecule has 9 nitrogen and oxygen atoms in total. The molecule has 12 heteroatoms. The fourth-order valence-corrected chi connectivity index (χ4v) is 8.34. The van der Waals surface area contributed by atoms with Crippen molar-refractivity contribution in [3.8, 4) is 16.9 Å². The molecule has 0 radical (unpaired) electrons. The maximum Gasteiger partial charge on any atom is 0.229 e. The third-order valence-electron chi connectivity index (χ3n) is 8.21. The van der Waals surface area contributed by atoms with Crippen LogP contribution in [-0.4, -0.2) is 73.5 Å². The van der Waals surface area contributed by atoms with Gasteiger partial charge in [-0.15, -0.1) is 0 Å². The van der Waals surface area contributed by atoms with E-state index < -0.39 is 7.14 Å². The van der Waals surface area contributed by atoms with E-state index in [0.29, 0.717) is 33.7 Å². The van der Waals surface area contributed by atoms with Crippen molar-refractivity contribution in [1.82, 2.24) is 19.9 Å². The molecule has 1 saturated heterocycles. The third kappa shape index (κ3) is 6.72. The van der Waals surface area contributed by atoms with Gasteiger partial charge in [0, 0.05) is 53.3 Å². The van der Waals surface area contributed by atoms with E-state index in [2.05, 4.69) is 89.4 Å². The summed E-state index contributed by atoms with van der Waals surface area (Å²) in [7, 11) is 3.32. The van der Waals surface area contributed by atoms with Gasteiger partial charge in [-0.2, -0.15) is 16.3 Å². The van der Waals surface area contributed by atoms with Crippen molar-refractivity contribution in [2.45, 2.75) is 18.9 Å². The Morgan fingerprint density at radius 1 is 1.04 bits per heavy atom. The molecule has 0 spiro atoms. The number of ether oxygens (including phenoxy) is 1. The minimum Gasteiger partial charge on any atom is -0.494 e. The Balaban J connectivity index is 1.34. The number of rotatable bonds is 9. The SMILES string of the molecule is COc1cc(N2CCC(N(C)C)CC2)c(-c2ccsc2)cc1Nc1ncc(Br)c(Nc2cnc3ccccc3c2P(C)(C)=O)n1. The van der Waals surface area contributed by atoms with Gasteiger partial charge in [-0.25, -0.2) is 4.98 Å². The number of hydrogen-bond donors (Lipinski definition) is 2. The lowest BCUT2D eigenvalue weighted by Gasteiger charge is -2.37. The zero-order valence-electron chi connectivity index (χ0n) is 26.0. The van der Waals surface area contributed by atoms with E-state index in [1.165, 1.54) is 0 Å². The highest BCUT2D eigenvalue weighted by Gasteiger charge is 2.25. The van der Waals surface area contributed by atoms with Crippen LogP contribution in [0.3, 0.4) is 0 Å². The second-order valence-electron chi connectivity index (χ2n) is 11.8. The van der Waals surface area contributed by atoms with Gasteiger partial charge in [0.2, 0.25) is 5.95 Å². The highest BCUT2D eigenvalue weighted by molar-refractivity contribution is 9.10. The molecule has 3 aromatic heterocycles. The summed E-state index contributed by atoms with van der Waals surface area (Å²) in [6, 6.07) is 14.7. The van der Waals surface area contributed by atoms with Gasteiger partial charge in [0.15, 0.2) is 0 Å². The molecule has 1 aliphatic heterocycles. The van der Waals surface area contributed by atoms with Gasteiger partial charge >= 0.3 is 0 Å². The standard InChI is InChI=1S/C33H37BrN7O2PS/c1-40(2)22-10-13-41(14-11-22)29-17-30(43-3)27(16-24(29)21-12-15-45-20-21)38-33-36-18-25(34)32(39-33)37-28-19-35-26-9-7-6-8-23(26)31(28)44(4,5)42/h6-9,12,15-20,22H,10-11,13-14H2,1-5H3,(H2,36,37,38,39). The number of nitrogens with zero attached hydrogens (tertiary/aromatic N) is 5. The summed E-state index contributed by atoms with van der Waals surface area (Å²) < 4.78 is 20.1. The van der Waals surface area contributed by atoms with Gasteiger partial charge in [-0.1, -0.05) is 18.2 Å². The predicted molar refractivity (Wildman–Crippen MR) is 192 cm³/mol. The Bertz CT molecular complexity index is 1870. The van der Waals surface area contributed by atoms with Crippen LogP contribution in [0.15, 0.2) is 70.1 Å². The topological polar surface area (TPSA) is 95.5 Å². The van der Waals surface area contributed by atoms with Crippen LogP contribution in [0.2, 0.25) is 0 Å². The number of benzene rings is 2. The van der Waals surface area contributed by atoms with Gasteiger partial charge in [0.05, 0.1) is 34.7 Å². The first-order chi connectivity index (χ1) is 21.6. The molecule has 0 amide bonds. The van der Waals surface area contributed by atoms with Crippen molar-refractivity contribution >= 4 is 79.4 Å². The van der Waals surface area contributed by atoms with Gasteiger partial charge in [0.25, 0.3) is 0 Å². The van der Waals surface area contributed by atoms with Gasteiger partial charge in [0.1, 0.15) is 18.7 Å². The number of thiophene rings is 1. The molecule has 4 heterocycles. The number of halogens is 1. The third-order valence-corrected chi connectivity index (χ3v) is 11.0. The number of hydrogen-bond acceptors (Lipinski definition) is 10. The van der Waals surface area contributed by atoms with Crippen LogP contribution in [0.1, 0.15) is 12.8 Å². The first-order valence-electron chi connectivity index (χ1n) is 14.8. The number of aromatic nitrogens is 3. The number of para-hydroxylation sites is 1. The number of nitrogens with one attached hydrogen (secondary N) is 2. The van der Waals surface area contributed by atoms with Gasteiger partial charge in [-0.05, 0) is 90.7 Å². The molecule has 2 aromatic carbocycles. The molecule has 0 aliphatic carbocycles. The van der Waals surface area contributed by atoms with E-state index in [4.69, 9.17) is 9.72 Å². The van der Waals surface area contributed by atoms with E-state index in [1.54, 1.807) is 44.2 Å². The molecule has 6 rings (SSSR count). The van der Waals surface area contributed by atoms with Crippen LogP contribution < -0.4 is 25.6 Å².